The van der Waals surface area contributed by atoms with Crippen LogP contribution >= 0.6 is 0 Å². The number of nitrogens with zero attached hydrogens (tertiary/aromatic N) is 3. The lowest BCUT2D eigenvalue weighted by molar-refractivity contribution is 0.176. The Hall–Kier alpha value is -2.56. The summed E-state index contributed by atoms with van der Waals surface area (Å²) in [5.74, 6) is 0.261. The second kappa shape index (κ2) is 7.59. The molecular formula is C17H21N5O4S. The molecule has 1 aromatic carbocycles. The van der Waals surface area contributed by atoms with Crippen molar-refractivity contribution in [3.63, 3.8) is 0 Å². The molecule has 10 heteroatoms. The minimum absolute atomic E-state index is 0.0875. The largest absolute Gasteiger partial charge is 0.383 e. The highest BCUT2D eigenvalue weighted by Gasteiger charge is 2.30. The maximum absolute atomic E-state index is 13.2. The van der Waals surface area contributed by atoms with Gasteiger partial charge in [0.25, 0.3) is 5.56 Å². The number of methoxy groups -OCH3 is 1. The number of H-pyrrole nitrogens is 2. The van der Waals surface area contributed by atoms with E-state index in [0.717, 1.165) is 0 Å². The number of rotatable bonds is 7. The van der Waals surface area contributed by atoms with Crippen molar-refractivity contribution in [1.82, 2.24) is 24.5 Å². The van der Waals surface area contributed by atoms with E-state index in [2.05, 4.69) is 20.2 Å². The molecule has 0 amide bonds. The molecule has 2 heterocycles. The quantitative estimate of drug-likeness (QED) is 0.622. The maximum atomic E-state index is 13.2. The third-order valence-electron chi connectivity index (χ3n) is 4.19. The molecule has 0 radical (unpaired) electrons. The fourth-order valence-electron chi connectivity index (χ4n) is 2.90. The van der Waals surface area contributed by atoms with Crippen LogP contribution < -0.4 is 5.56 Å². The summed E-state index contributed by atoms with van der Waals surface area (Å²) in [6.07, 6.45) is 0. The molecule has 0 unspecified atom stereocenters. The molecule has 3 rings (SSSR count). The third-order valence-corrected chi connectivity index (χ3v) is 6.30. The Bertz CT molecular complexity index is 1100. The van der Waals surface area contributed by atoms with Crippen LogP contribution in [0.3, 0.4) is 0 Å². The lowest BCUT2D eigenvalue weighted by atomic mass is 10.2. The van der Waals surface area contributed by atoms with E-state index in [-0.39, 0.29) is 36.0 Å². The van der Waals surface area contributed by atoms with Gasteiger partial charge in [-0.25, -0.2) is 13.4 Å². The number of aryl methyl sites for hydroxylation is 2. The Kier molecular flexibility index (Phi) is 5.40. The number of aromatic amines is 2. The topological polar surface area (TPSA) is 121 Å². The molecule has 0 bridgehead atoms. The van der Waals surface area contributed by atoms with E-state index in [1.54, 1.807) is 38.1 Å². The molecule has 0 aliphatic carbocycles. The first-order valence-corrected chi connectivity index (χ1v) is 9.77. The van der Waals surface area contributed by atoms with Crippen molar-refractivity contribution in [2.24, 2.45) is 0 Å². The molecule has 9 nitrogen and oxygen atoms in total. The van der Waals surface area contributed by atoms with Crippen LogP contribution in [-0.4, -0.2) is 53.1 Å². The number of aromatic nitrogens is 4. The van der Waals surface area contributed by atoms with Gasteiger partial charge in [0.05, 0.1) is 35.4 Å². The number of sulfonamides is 1. The molecule has 0 aliphatic heterocycles. The second-order valence-electron chi connectivity index (χ2n) is 6.12. The van der Waals surface area contributed by atoms with Crippen molar-refractivity contribution in [2.75, 3.05) is 20.3 Å². The molecule has 27 heavy (non-hydrogen) atoms. The Balaban J connectivity index is 2.02. The van der Waals surface area contributed by atoms with Crippen LogP contribution in [0, 0.1) is 13.8 Å². The van der Waals surface area contributed by atoms with E-state index in [9.17, 15) is 13.2 Å². The summed E-state index contributed by atoms with van der Waals surface area (Å²) in [4.78, 5) is 19.5. The van der Waals surface area contributed by atoms with Crippen LogP contribution in [-0.2, 0) is 21.3 Å². The van der Waals surface area contributed by atoms with Gasteiger partial charge >= 0.3 is 0 Å². The highest BCUT2D eigenvalue weighted by atomic mass is 32.2. The number of nitrogens with one attached hydrogen (secondary N) is 2. The molecule has 2 N–H and O–H groups in total. The van der Waals surface area contributed by atoms with Gasteiger partial charge in [-0.1, -0.05) is 12.1 Å². The predicted octanol–water partition coefficient (Wildman–Crippen LogP) is 1.10. The molecule has 0 aliphatic rings. The average molecular weight is 391 g/mol. The van der Waals surface area contributed by atoms with E-state index < -0.39 is 10.0 Å². The van der Waals surface area contributed by atoms with E-state index in [1.807, 2.05) is 0 Å². The minimum atomic E-state index is -3.86. The van der Waals surface area contributed by atoms with Crippen molar-refractivity contribution >= 4 is 20.9 Å². The van der Waals surface area contributed by atoms with Gasteiger partial charge in [-0.05, 0) is 26.0 Å². The van der Waals surface area contributed by atoms with Crippen LogP contribution in [0.1, 0.15) is 17.2 Å². The van der Waals surface area contributed by atoms with Gasteiger partial charge in [0, 0.05) is 13.7 Å². The fraction of sp³-hybridized carbons (Fsp3) is 0.353. The van der Waals surface area contributed by atoms with Crippen molar-refractivity contribution in [3.8, 4) is 0 Å². The Labute approximate surface area is 156 Å². The molecular weight excluding hydrogens is 370 g/mol. The van der Waals surface area contributed by atoms with Crippen LogP contribution in [0.25, 0.3) is 10.9 Å². The Morgan fingerprint density at radius 3 is 2.63 bits per heavy atom. The molecule has 0 spiro atoms. The van der Waals surface area contributed by atoms with Gasteiger partial charge in [-0.2, -0.15) is 9.40 Å². The summed E-state index contributed by atoms with van der Waals surface area (Å²) in [6.45, 7) is 3.50. The van der Waals surface area contributed by atoms with Crippen molar-refractivity contribution in [1.29, 1.82) is 0 Å². The number of fused-ring (bicyclic) bond motifs is 1. The third kappa shape index (κ3) is 3.77. The summed E-state index contributed by atoms with van der Waals surface area (Å²) in [7, 11) is -2.36. The molecule has 0 saturated heterocycles. The first-order chi connectivity index (χ1) is 12.8. The van der Waals surface area contributed by atoms with E-state index >= 15 is 0 Å². The number of hydrogen-bond donors (Lipinski definition) is 2. The highest BCUT2D eigenvalue weighted by molar-refractivity contribution is 7.89. The van der Waals surface area contributed by atoms with Gasteiger partial charge in [-0.15, -0.1) is 0 Å². The summed E-state index contributed by atoms with van der Waals surface area (Å²) in [6, 6.07) is 6.91. The van der Waals surface area contributed by atoms with Crippen LogP contribution in [0.2, 0.25) is 0 Å². The number of ether oxygens (including phenoxy) is 1. The molecule has 0 atom stereocenters. The standard InChI is InChI=1S/C17H21N5O4S/c1-11-16(12(2)21-20-11)27(24,25)22(8-9-26-3)10-15-18-14-7-5-4-6-13(14)17(23)19-15/h4-7H,8-10H2,1-3H3,(H,20,21)(H,18,19,23). The SMILES string of the molecule is COCCN(Cc1nc2ccccc2c(=O)[nH]1)S(=O)(=O)c1c(C)n[nH]c1C. The van der Waals surface area contributed by atoms with Gasteiger partial charge in [0.1, 0.15) is 10.7 Å². The summed E-state index contributed by atoms with van der Waals surface area (Å²) in [5.41, 5.74) is 1.04. The summed E-state index contributed by atoms with van der Waals surface area (Å²) in [5, 5.41) is 7.12. The number of hydrogen-bond acceptors (Lipinski definition) is 6. The van der Waals surface area contributed by atoms with Gasteiger partial charge < -0.3 is 9.72 Å². The molecule has 3 aromatic rings. The zero-order valence-corrected chi connectivity index (χ0v) is 16.1. The van der Waals surface area contributed by atoms with Crippen molar-refractivity contribution in [3.05, 3.63) is 51.8 Å². The lowest BCUT2D eigenvalue weighted by Gasteiger charge is -2.21. The van der Waals surface area contributed by atoms with Crippen molar-refractivity contribution < 1.29 is 13.2 Å². The maximum Gasteiger partial charge on any atom is 0.258 e. The lowest BCUT2D eigenvalue weighted by Crippen LogP contribution is -2.35. The zero-order chi connectivity index (χ0) is 19.6. The molecule has 144 valence electrons. The Morgan fingerprint density at radius 2 is 1.96 bits per heavy atom. The van der Waals surface area contributed by atoms with Crippen LogP contribution in [0.15, 0.2) is 34.0 Å². The molecule has 0 saturated carbocycles. The van der Waals surface area contributed by atoms with Gasteiger partial charge in [0.2, 0.25) is 10.0 Å². The van der Waals surface area contributed by atoms with Crippen LogP contribution in [0.4, 0.5) is 0 Å². The van der Waals surface area contributed by atoms with Crippen LogP contribution in [0.5, 0.6) is 0 Å². The van der Waals surface area contributed by atoms with Gasteiger partial charge in [0.15, 0.2) is 0 Å². The highest BCUT2D eigenvalue weighted by Crippen LogP contribution is 2.22. The summed E-state index contributed by atoms with van der Waals surface area (Å²) < 4.78 is 32.7. The monoisotopic (exact) mass is 391 g/mol. The normalized spacial score (nSPS) is 12.1. The average Bonchev–Trinajstić information content (AvgIpc) is 2.97. The Morgan fingerprint density at radius 1 is 1.22 bits per heavy atom. The van der Waals surface area contributed by atoms with Crippen molar-refractivity contribution in [2.45, 2.75) is 25.3 Å². The van der Waals surface area contributed by atoms with E-state index in [4.69, 9.17) is 4.74 Å². The predicted molar refractivity (Wildman–Crippen MR) is 99.9 cm³/mol. The zero-order valence-electron chi connectivity index (χ0n) is 15.3. The first kappa shape index (κ1) is 19.2. The summed E-state index contributed by atoms with van der Waals surface area (Å²) >= 11 is 0. The molecule has 0 fully saturated rings. The molecule has 2 aromatic heterocycles. The number of benzene rings is 1. The number of para-hydroxylation sites is 1. The van der Waals surface area contributed by atoms with E-state index in [0.29, 0.717) is 22.3 Å². The first-order valence-electron chi connectivity index (χ1n) is 8.33. The smallest absolute Gasteiger partial charge is 0.258 e. The second-order valence-corrected chi connectivity index (χ2v) is 8.00. The minimum Gasteiger partial charge on any atom is -0.383 e. The van der Waals surface area contributed by atoms with Gasteiger partial charge in [-0.3, -0.25) is 9.89 Å². The fourth-order valence-corrected chi connectivity index (χ4v) is 4.62. The van der Waals surface area contributed by atoms with E-state index in [1.165, 1.54) is 11.4 Å².